The van der Waals surface area contributed by atoms with Crippen LogP contribution in [0.2, 0.25) is 10.0 Å². The number of nitrogens with zero attached hydrogens (tertiary/aromatic N) is 2. The van der Waals surface area contributed by atoms with Crippen molar-refractivity contribution in [3.63, 3.8) is 0 Å². The third kappa shape index (κ3) is 5.29. The summed E-state index contributed by atoms with van der Waals surface area (Å²) in [5.74, 6) is 0.648. The summed E-state index contributed by atoms with van der Waals surface area (Å²) in [5.41, 5.74) is 1.51. The number of nitrogens with one attached hydrogen (secondary N) is 2. The number of benzene rings is 2. The molecule has 0 spiro atoms. The van der Waals surface area contributed by atoms with Gasteiger partial charge in [-0.05, 0) is 36.8 Å². The van der Waals surface area contributed by atoms with Crippen LogP contribution in [-0.4, -0.2) is 16.0 Å². The van der Waals surface area contributed by atoms with Crippen molar-refractivity contribution in [2.45, 2.75) is 26.1 Å². The fourth-order valence-electron chi connectivity index (χ4n) is 2.49. The van der Waals surface area contributed by atoms with Crippen molar-refractivity contribution in [2.75, 3.05) is 0 Å². The van der Waals surface area contributed by atoms with Gasteiger partial charge in [0.25, 0.3) is 5.91 Å². The molecule has 0 radical (unpaired) electrons. The fraction of sp³-hybridized carbons (Fsp3) is 0.211. The highest BCUT2D eigenvalue weighted by Crippen LogP contribution is 2.26. The van der Waals surface area contributed by atoms with Crippen LogP contribution in [0, 0.1) is 0 Å². The average molecular weight is 405 g/mol. The van der Waals surface area contributed by atoms with Crippen LogP contribution >= 0.6 is 23.2 Å². The van der Waals surface area contributed by atoms with Crippen LogP contribution in [-0.2, 0) is 13.1 Å². The van der Waals surface area contributed by atoms with Crippen LogP contribution in [0.3, 0.4) is 0 Å². The Labute approximate surface area is 166 Å². The molecule has 0 saturated heterocycles. The molecule has 1 heterocycles. The van der Waals surface area contributed by atoms with Gasteiger partial charge in [0.2, 0.25) is 5.89 Å². The van der Waals surface area contributed by atoms with E-state index in [1.165, 1.54) is 0 Å². The van der Waals surface area contributed by atoms with Gasteiger partial charge >= 0.3 is 0 Å². The van der Waals surface area contributed by atoms with Gasteiger partial charge in [-0.15, -0.1) is 0 Å². The molecule has 1 atom stereocenters. The lowest BCUT2D eigenvalue weighted by Crippen LogP contribution is -2.23. The van der Waals surface area contributed by atoms with E-state index in [-0.39, 0.29) is 18.5 Å². The van der Waals surface area contributed by atoms with Gasteiger partial charge < -0.3 is 15.2 Å². The van der Waals surface area contributed by atoms with E-state index < -0.39 is 0 Å². The number of rotatable bonds is 7. The SMILES string of the molecule is C[C@H](NCc1nc(CNC(=O)c2ccccc2)no1)c1ccc(Cl)cc1Cl. The summed E-state index contributed by atoms with van der Waals surface area (Å²) in [6.07, 6.45) is 0. The maximum Gasteiger partial charge on any atom is 0.251 e. The zero-order valence-corrected chi connectivity index (χ0v) is 16.1. The van der Waals surface area contributed by atoms with Gasteiger partial charge in [-0.25, -0.2) is 0 Å². The first-order valence-corrected chi connectivity index (χ1v) is 9.11. The molecule has 8 heteroatoms. The Morgan fingerprint density at radius 3 is 2.67 bits per heavy atom. The van der Waals surface area contributed by atoms with E-state index in [1.54, 1.807) is 36.4 Å². The summed E-state index contributed by atoms with van der Waals surface area (Å²) < 4.78 is 5.21. The summed E-state index contributed by atoms with van der Waals surface area (Å²) in [4.78, 5) is 16.3. The van der Waals surface area contributed by atoms with Crippen LogP contribution in [0.5, 0.6) is 0 Å². The molecule has 0 bridgehead atoms. The predicted molar refractivity (Wildman–Crippen MR) is 104 cm³/mol. The highest BCUT2D eigenvalue weighted by atomic mass is 35.5. The molecule has 3 aromatic rings. The third-order valence-electron chi connectivity index (χ3n) is 3.94. The van der Waals surface area contributed by atoms with Crippen molar-refractivity contribution in [3.8, 4) is 0 Å². The Balaban J connectivity index is 1.51. The number of carbonyl (C=O) groups excluding carboxylic acids is 1. The van der Waals surface area contributed by atoms with Crippen molar-refractivity contribution in [1.29, 1.82) is 0 Å². The highest BCUT2D eigenvalue weighted by Gasteiger charge is 2.13. The number of hydrogen-bond donors (Lipinski definition) is 2. The molecular weight excluding hydrogens is 387 g/mol. The maximum atomic E-state index is 12.0. The lowest BCUT2D eigenvalue weighted by atomic mass is 10.1. The second-order valence-corrected chi connectivity index (χ2v) is 6.77. The topological polar surface area (TPSA) is 80.0 Å². The van der Waals surface area contributed by atoms with Crippen LogP contribution in [0.1, 0.15) is 40.6 Å². The standard InChI is InChI=1S/C19H18Cl2N4O2/c1-12(15-8-7-14(20)9-16(15)21)22-11-18-24-17(25-27-18)10-23-19(26)13-5-3-2-4-6-13/h2-9,12,22H,10-11H2,1H3,(H,23,26)/t12-/m0/s1. The van der Waals surface area contributed by atoms with E-state index >= 15 is 0 Å². The first-order chi connectivity index (χ1) is 13.0. The fourth-order valence-corrected chi connectivity index (χ4v) is 3.06. The quantitative estimate of drug-likeness (QED) is 0.617. The third-order valence-corrected chi connectivity index (χ3v) is 4.50. The van der Waals surface area contributed by atoms with Crippen molar-refractivity contribution in [2.24, 2.45) is 0 Å². The van der Waals surface area contributed by atoms with Gasteiger partial charge in [0.05, 0.1) is 13.1 Å². The molecule has 2 aromatic carbocycles. The van der Waals surface area contributed by atoms with E-state index in [0.29, 0.717) is 33.9 Å². The molecule has 2 N–H and O–H groups in total. The van der Waals surface area contributed by atoms with Crippen molar-refractivity contribution in [1.82, 2.24) is 20.8 Å². The zero-order chi connectivity index (χ0) is 19.2. The molecule has 1 aromatic heterocycles. The molecule has 0 saturated carbocycles. The smallest absolute Gasteiger partial charge is 0.251 e. The minimum atomic E-state index is -0.189. The van der Waals surface area contributed by atoms with E-state index in [1.807, 2.05) is 19.1 Å². The zero-order valence-electron chi connectivity index (χ0n) is 14.6. The van der Waals surface area contributed by atoms with E-state index in [9.17, 15) is 4.79 Å². The summed E-state index contributed by atoms with van der Waals surface area (Å²) in [7, 11) is 0. The normalized spacial score (nSPS) is 12.0. The molecule has 0 aliphatic carbocycles. The first-order valence-electron chi connectivity index (χ1n) is 8.36. The van der Waals surface area contributed by atoms with Crippen LogP contribution in [0.25, 0.3) is 0 Å². The van der Waals surface area contributed by atoms with Gasteiger partial charge in [-0.3, -0.25) is 4.79 Å². The van der Waals surface area contributed by atoms with Crippen LogP contribution in [0.15, 0.2) is 53.1 Å². The van der Waals surface area contributed by atoms with E-state index in [0.717, 1.165) is 5.56 Å². The molecule has 0 fully saturated rings. The average Bonchev–Trinajstić information content (AvgIpc) is 3.13. The van der Waals surface area contributed by atoms with Gasteiger partial charge in [0, 0.05) is 21.7 Å². The minimum Gasteiger partial charge on any atom is -0.345 e. The number of amides is 1. The Morgan fingerprint density at radius 2 is 1.93 bits per heavy atom. The molecule has 3 rings (SSSR count). The molecule has 27 heavy (non-hydrogen) atoms. The number of hydrogen-bond acceptors (Lipinski definition) is 5. The molecule has 140 valence electrons. The summed E-state index contributed by atoms with van der Waals surface area (Å²) in [6.45, 7) is 2.54. The Kier molecular flexibility index (Phi) is 6.45. The van der Waals surface area contributed by atoms with Gasteiger partial charge in [-0.2, -0.15) is 4.98 Å². The first kappa shape index (κ1) is 19.4. The molecule has 6 nitrogen and oxygen atoms in total. The summed E-state index contributed by atoms with van der Waals surface area (Å²) in [6, 6.07) is 14.3. The Hall–Kier alpha value is -2.41. The van der Waals surface area contributed by atoms with Gasteiger partial charge in [0.1, 0.15) is 0 Å². The Morgan fingerprint density at radius 1 is 1.15 bits per heavy atom. The highest BCUT2D eigenvalue weighted by molar-refractivity contribution is 6.35. The monoisotopic (exact) mass is 404 g/mol. The Bertz CT molecular complexity index is 915. The maximum absolute atomic E-state index is 12.0. The van der Waals surface area contributed by atoms with Crippen molar-refractivity contribution >= 4 is 29.1 Å². The molecule has 0 unspecified atom stereocenters. The van der Waals surface area contributed by atoms with Gasteiger partial charge in [0.15, 0.2) is 5.82 Å². The largest absolute Gasteiger partial charge is 0.345 e. The molecule has 0 aliphatic heterocycles. The minimum absolute atomic E-state index is 0.0251. The van der Waals surface area contributed by atoms with Crippen molar-refractivity contribution < 1.29 is 9.32 Å². The van der Waals surface area contributed by atoms with E-state index in [4.69, 9.17) is 27.7 Å². The summed E-state index contributed by atoms with van der Waals surface area (Å²) in [5, 5.41) is 11.1. The molecule has 0 aliphatic rings. The lowest BCUT2D eigenvalue weighted by Gasteiger charge is -2.14. The predicted octanol–water partition coefficient (Wildman–Crippen LogP) is 4.16. The van der Waals surface area contributed by atoms with Crippen molar-refractivity contribution in [3.05, 3.63) is 81.4 Å². The van der Waals surface area contributed by atoms with E-state index in [2.05, 4.69) is 20.8 Å². The lowest BCUT2D eigenvalue weighted by molar-refractivity contribution is 0.0949. The van der Waals surface area contributed by atoms with Gasteiger partial charge in [-0.1, -0.05) is 52.6 Å². The summed E-state index contributed by atoms with van der Waals surface area (Å²) >= 11 is 12.1. The van der Waals surface area contributed by atoms with Crippen LogP contribution in [0.4, 0.5) is 0 Å². The second kappa shape index (κ2) is 8.99. The van der Waals surface area contributed by atoms with Crippen LogP contribution < -0.4 is 10.6 Å². The number of aromatic nitrogens is 2. The molecular formula is C19H18Cl2N4O2. The number of carbonyl (C=O) groups is 1. The molecule has 1 amide bonds. The second-order valence-electron chi connectivity index (χ2n) is 5.92. The number of halogens is 2.